The molecule has 1 aromatic rings. The molecule has 0 aliphatic carbocycles. The van der Waals surface area contributed by atoms with Crippen LogP contribution in [0.5, 0.6) is 0 Å². The van der Waals surface area contributed by atoms with Crippen LogP contribution < -0.4 is 0 Å². The standard InChI is InChI=1S/C12H21N3O2S/c1-3-10(2)18(16,17)15-8-5-11(6-9-15)12-4-7-13-14-12/h4,7,10-11H,3,5-6,8-9H2,1-2H3,(H,13,14). The molecular weight excluding hydrogens is 250 g/mol. The summed E-state index contributed by atoms with van der Waals surface area (Å²) in [5.41, 5.74) is 1.12. The van der Waals surface area contributed by atoms with E-state index < -0.39 is 10.0 Å². The Hall–Kier alpha value is -0.880. The molecule has 0 bridgehead atoms. The number of aromatic nitrogens is 2. The summed E-state index contributed by atoms with van der Waals surface area (Å²) in [4.78, 5) is 0. The zero-order chi connectivity index (χ0) is 13.2. The van der Waals surface area contributed by atoms with Crippen molar-refractivity contribution in [3.63, 3.8) is 0 Å². The van der Waals surface area contributed by atoms with Crippen LogP contribution in [0.25, 0.3) is 0 Å². The average Bonchev–Trinajstić information content (AvgIpc) is 2.91. The molecule has 1 aromatic heterocycles. The third-order valence-electron chi connectivity index (χ3n) is 3.86. The fourth-order valence-corrected chi connectivity index (χ4v) is 4.03. The van der Waals surface area contributed by atoms with E-state index in [0.29, 0.717) is 25.4 Å². The zero-order valence-corrected chi connectivity index (χ0v) is 11.8. The first-order chi connectivity index (χ1) is 8.55. The number of piperidine rings is 1. The molecule has 1 aliphatic rings. The van der Waals surface area contributed by atoms with E-state index in [2.05, 4.69) is 10.2 Å². The SMILES string of the molecule is CCC(C)S(=O)(=O)N1CCC(c2ccn[nH]2)CC1. The van der Waals surface area contributed by atoms with Crippen LogP contribution in [-0.4, -0.2) is 41.3 Å². The van der Waals surface area contributed by atoms with E-state index in [1.165, 1.54) is 0 Å². The van der Waals surface area contributed by atoms with Gasteiger partial charge in [0, 0.05) is 30.9 Å². The van der Waals surface area contributed by atoms with Gasteiger partial charge in [0.25, 0.3) is 0 Å². The minimum atomic E-state index is -3.10. The summed E-state index contributed by atoms with van der Waals surface area (Å²) in [6, 6.07) is 1.98. The molecule has 1 saturated heterocycles. The lowest BCUT2D eigenvalue weighted by atomic mass is 9.95. The first-order valence-electron chi connectivity index (χ1n) is 6.54. The second-order valence-corrected chi connectivity index (χ2v) is 7.30. The molecule has 1 N–H and O–H groups in total. The van der Waals surface area contributed by atoms with Gasteiger partial charge in [-0.2, -0.15) is 5.10 Å². The quantitative estimate of drug-likeness (QED) is 0.906. The van der Waals surface area contributed by atoms with Gasteiger partial charge in [0.05, 0.1) is 5.25 Å². The van der Waals surface area contributed by atoms with Crippen LogP contribution in [0, 0.1) is 0 Å². The molecule has 0 radical (unpaired) electrons. The van der Waals surface area contributed by atoms with Crippen molar-refractivity contribution in [3.05, 3.63) is 18.0 Å². The van der Waals surface area contributed by atoms with Crippen molar-refractivity contribution in [1.82, 2.24) is 14.5 Å². The number of aromatic amines is 1. The number of hydrogen-bond acceptors (Lipinski definition) is 3. The minimum Gasteiger partial charge on any atom is -0.282 e. The summed E-state index contributed by atoms with van der Waals surface area (Å²) >= 11 is 0. The zero-order valence-electron chi connectivity index (χ0n) is 11.0. The van der Waals surface area contributed by atoms with Gasteiger partial charge in [0.2, 0.25) is 10.0 Å². The van der Waals surface area contributed by atoms with Crippen molar-refractivity contribution in [2.45, 2.75) is 44.3 Å². The van der Waals surface area contributed by atoms with E-state index in [9.17, 15) is 8.42 Å². The van der Waals surface area contributed by atoms with Crippen LogP contribution in [0.1, 0.15) is 44.7 Å². The molecule has 0 saturated carbocycles. The van der Waals surface area contributed by atoms with E-state index in [0.717, 1.165) is 18.5 Å². The Morgan fingerprint density at radius 2 is 2.17 bits per heavy atom. The van der Waals surface area contributed by atoms with Crippen LogP contribution in [-0.2, 0) is 10.0 Å². The van der Waals surface area contributed by atoms with Crippen LogP contribution in [0.3, 0.4) is 0 Å². The molecule has 18 heavy (non-hydrogen) atoms. The first kappa shape index (κ1) is 13.5. The van der Waals surface area contributed by atoms with Gasteiger partial charge >= 0.3 is 0 Å². The van der Waals surface area contributed by atoms with E-state index in [4.69, 9.17) is 0 Å². The summed E-state index contributed by atoms with van der Waals surface area (Å²) in [5, 5.41) is 6.65. The van der Waals surface area contributed by atoms with Gasteiger partial charge in [0.15, 0.2) is 0 Å². The highest BCUT2D eigenvalue weighted by Gasteiger charge is 2.31. The highest BCUT2D eigenvalue weighted by molar-refractivity contribution is 7.89. The highest BCUT2D eigenvalue weighted by atomic mass is 32.2. The molecule has 2 rings (SSSR count). The Morgan fingerprint density at radius 1 is 1.50 bits per heavy atom. The predicted octanol–water partition coefficient (Wildman–Crippen LogP) is 1.72. The number of rotatable bonds is 4. The molecule has 1 atom stereocenters. The summed E-state index contributed by atoms with van der Waals surface area (Å²) < 4.78 is 26.1. The number of hydrogen-bond donors (Lipinski definition) is 1. The van der Waals surface area contributed by atoms with E-state index in [1.54, 1.807) is 17.4 Å². The Labute approximate surface area is 109 Å². The number of nitrogens with one attached hydrogen (secondary N) is 1. The smallest absolute Gasteiger partial charge is 0.216 e. The third kappa shape index (κ3) is 2.59. The highest BCUT2D eigenvalue weighted by Crippen LogP contribution is 2.28. The van der Waals surface area contributed by atoms with E-state index in [1.807, 2.05) is 13.0 Å². The second-order valence-electron chi connectivity index (χ2n) is 4.95. The second kappa shape index (κ2) is 5.40. The van der Waals surface area contributed by atoms with Gasteiger partial charge in [-0.15, -0.1) is 0 Å². The van der Waals surface area contributed by atoms with Crippen molar-refractivity contribution in [3.8, 4) is 0 Å². The van der Waals surface area contributed by atoms with E-state index >= 15 is 0 Å². The molecule has 5 nitrogen and oxygen atoms in total. The Morgan fingerprint density at radius 3 is 2.67 bits per heavy atom. The number of H-pyrrole nitrogens is 1. The molecular formula is C12H21N3O2S. The van der Waals surface area contributed by atoms with Gasteiger partial charge in [-0.25, -0.2) is 12.7 Å². The lowest BCUT2D eigenvalue weighted by Gasteiger charge is -2.32. The molecule has 0 aromatic carbocycles. The maximum atomic E-state index is 12.2. The van der Waals surface area contributed by atoms with Crippen molar-refractivity contribution >= 4 is 10.0 Å². The topological polar surface area (TPSA) is 66.1 Å². The van der Waals surface area contributed by atoms with Crippen LogP contribution >= 0.6 is 0 Å². The minimum absolute atomic E-state index is 0.277. The molecule has 1 unspecified atom stereocenters. The summed E-state index contributed by atoms with van der Waals surface area (Å²) in [7, 11) is -3.10. The first-order valence-corrected chi connectivity index (χ1v) is 8.04. The molecule has 102 valence electrons. The normalized spacial score (nSPS) is 21.0. The summed E-state index contributed by atoms with van der Waals surface area (Å²) in [6.07, 6.45) is 4.16. The lowest BCUT2D eigenvalue weighted by Crippen LogP contribution is -2.42. The molecule has 0 amide bonds. The fourth-order valence-electron chi connectivity index (χ4n) is 2.38. The van der Waals surface area contributed by atoms with Gasteiger partial charge in [-0.3, -0.25) is 5.10 Å². The van der Waals surface area contributed by atoms with Crippen molar-refractivity contribution in [2.24, 2.45) is 0 Å². The summed E-state index contributed by atoms with van der Waals surface area (Å²) in [5.74, 6) is 0.413. The largest absolute Gasteiger partial charge is 0.282 e. The van der Waals surface area contributed by atoms with Crippen LogP contribution in [0.4, 0.5) is 0 Å². The lowest BCUT2D eigenvalue weighted by molar-refractivity contribution is 0.313. The molecule has 1 aliphatic heterocycles. The summed E-state index contributed by atoms with van der Waals surface area (Å²) in [6.45, 7) is 4.95. The molecule has 0 spiro atoms. The Balaban J connectivity index is 1.99. The van der Waals surface area contributed by atoms with E-state index in [-0.39, 0.29) is 5.25 Å². The van der Waals surface area contributed by atoms with Crippen molar-refractivity contribution in [1.29, 1.82) is 0 Å². The van der Waals surface area contributed by atoms with Crippen LogP contribution in [0.2, 0.25) is 0 Å². The molecule has 1 fully saturated rings. The third-order valence-corrected chi connectivity index (χ3v) is 6.29. The molecule has 2 heterocycles. The fraction of sp³-hybridized carbons (Fsp3) is 0.750. The Kier molecular flexibility index (Phi) is 4.07. The van der Waals surface area contributed by atoms with Crippen molar-refractivity contribution in [2.75, 3.05) is 13.1 Å². The predicted molar refractivity (Wildman–Crippen MR) is 70.8 cm³/mol. The molecule has 6 heteroatoms. The number of sulfonamides is 1. The van der Waals surface area contributed by atoms with Gasteiger partial charge < -0.3 is 0 Å². The van der Waals surface area contributed by atoms with Gasteiger partial charge in [-0.1, -0.05) is 6.92 Å². The van der Waals surface area contributed by atoms with Crippen LogP contribution in [0.15, 0.2) is 12.3 Å². The van der Waals surface area contributed by atoms with Crippen molar-refractivity contribution < 1.29 is 8.42 Å². The maximum absolute atomic E-state index is 12.2. The van der Waals surface area contributed by atoms with Gasteiger partial charge in [-0.05, 0) is 32.3 Å². The number of nitrogens with zero attached hydrogens (tertiary/aromatic N) is 2. The maximum Gasteiger partial charge on any atom is 0.216 e. The average molecular weight is 271 g/mol. The Bertz CT molecular complexity index is 462. The van der Waals surface area contributed by atoms with Gasteiger partial charge in [0.1, 0.15) is 0 Å². The monoisotopic (exact) mass is 271 g/mol.